The fourth-order valence-electron chi connectivity index (χ4n) is 1.60. The third kappa shape index (κ3) is 1.88. The van der Waals surface area contributed by atoms with Crippen molar-refractivity contribution < 1.29 is 9.53 Å². The molecule has 0 amide bonds. The quantitative estimate of drug-likeness (QED) is 0.611. The van der Waals surface area contributed by atoms with Gasteiger partial charge in [-0.2, -0.15) is 9.50 Å². The molecule has 8 nitrogen and oxygen atoms in total. The van der Waals surface area contributed by atoms with Gasteiger partial charge in [0.15, 0.2) is 0 Å². The van der Waals surface area contributed by atoms with Crippen LogP contribution in [0.1, 0.15) is 10.6 Å². The lowest BCUT2D eigenvalue weighted by Gasteiger charge is -2.00. The van der Waals surface area contributed by atoms with E-state index >= 15 is 0 Å². The summed E-state index contributed by atoms with van der Waals surface area (Å²) in [6.07, 6.45) is 6.30. The van der Waals surface area contributed by atoms with E-state index in [-0.39, 0.29) is 5.82 Å². The van der Waals surface area contributed by atoms with Crippen molar-refractivity contribution in [2.45, 2.75) is 0 Å². The summed E-state index contributed by atoms with van der Waals surface area (Å²) < 4.78 is 6.01. The minimum Gasteiger partial charge on any atom is -0.463 e. The van der Waals surface area contributed by atoms with Crippen molar-refractivity contribution in [1.29, 1.82) is 0 Å². The molecule has 0 saturated carbocycles. The van der Waals surface area contributed by atoms with Crippen molar-refractivity contribution >= 4 is 11.7 Å². The average molecular weight is 256 g/mol. The van der Waals surface area contributed by atoms with Crippen LogP contribution in [0, 0.1) is 0 Å². The molecule has 3 aromatic rings. The Bertz CT molecular complexity index is 739. The summed E-state index contributed by atoms with van der Waals surface area (Å²) in [5, 5.41) is 4.06. The topological polar surface area (TPSA) is 95.2 Å². The summed E-state index contributed by atoms with van der Waals surface area (Å²) in [6, 6.07) is 1.72. The molecule has 0 aromatic carbocycles. The van der Waals surface area contributed by atoms with Crippen LogP contribution in [0.4, 0.5) is 0 Å². The Hall–Kier alpha value is -2.90. The number of carbonyl (C=O) groups is 1. The van der Waals surface area contributed by atoms with Gasteiger partial charge in [0.05, 0.1) is 19.0 Å². The van der Waals surface area contributed by atoms with E-state index in [0.29, 0.717) is 17.2 Å². The average Bonchev–Trinajstić information content (AvgIpc) is 2.91. The molecule has 8 heteroatoms. The van der Waals surface area contributed by atoms with E-state index in [1.165, 1.54) is 11.6 Å². The van der Waals surface area contributed by atoms with Gasteiger partial charge in [-0.05, 0) is 6.07 Å². The Kier molecular flexibility index (Phi) is 2.60. The van der Waals surface area contributed by atoms with E-state index in [0.717, 1.165) is 0 Å². The Balaban J connectivity index is 2.21. The second-order valence-corrected chi connectivity index (χ2v) is 3.56. The fraction of sp³-hybridized carbons (Fsp3) is 0.0909. The van der Waals surface area contributed by atoms with E-state index in [4.69, 9.17) is 0 Å². The van der Waals surface area contributed by atoms with Crippen LogP contribution in [0.15, 0.2) is 30.9 Å². The van der Waals surface area contributed by atoms with Gasteiger partial charge >= 0.3 is 5.97 Å². The van der Waals surface area contributed by atoms with Crippen LogP contribution in [0.3, 0.4) is 0 Å². The molecule has 0 aliphatic heterocycles. The smallest absolute Gasteiger partial charge is 0.378 e. The van der Waals surface area contributed by atoms with E-state index in [1.807, 2.05) is 0 Å². The van der Waals surface area contributed by atoms with Crippen LogP contribution in [-0.4, -0.2) is 42.6 Å². The highest BCUT2D eigenvalue weighted by molar-refractivity contribution is 5.85. The van der Waals surface area contributed by atoms with Crippen LogP contribution >= 0.6 is 0 Å². The molecule has 0 N–H and O–H groups in total. The number of hydrogen-bond acceptors (Lipinski definition) is 7. The molecule has 94 valence electrons. The molecule has 0 atom stereocenters. The van der Waals surface area contributed by atoms with Crippen LogP contribution in [0.25, 0.3) is 17.2 Å². The fourth-order valence-corrected chi connectivity index (χ4v) is 1.60. The predicted octanol–water partition coefficient (Wildman–Crippen LogP) is 0.368. The van der Waals surface area contributed by atoms with E-state index in [1.54, 1.807) is 30.9 Å². The van der Waals surface area contributed by atoms with Gasteiger partial charge in [0.2, 0.25) is 0 Å². The summed E-state index contributed by atoms with van der Waals surface area (Å²) in [5.41, 5.74) is 1.25. The number of aromatic nitrogens is 6. The first-order valence-electron chi connectivity index (χ1n) is 5.36. The van der Waals surface area contributed by atoms with Crippen LogP contribution in [-0.2, 0) is 4.74 Å². The molecular formula is C11H8N6O2. The van der Waals surface area contributed by atoms with Gasteiger partial charge in [0, 0.05) is 18.6 Å². The first kappa shape index (κ1) is 11.2. The lowest BCUT2D eigenvalue weighted by atomic mass is 10.3. The van der Waals surface area contributed by atoms with Crippen molar-refractivity contribution in [2.75, 3.05) is 7.11 Å². The molecule has 0 radical (unpaired) electrons. The number of carbonyl (C=O) groups excluding carboxylic acids is 1. The number of rotatable bonds is 2. The SMILES string of the molecule is COC(=O)c1nc2nccc(-c3cnccn3)n2n1. The van der Waals surface area contributed by atoms with Gasteiger partial charge in [0.1, 0.15) is 5.69 Å². The zero-order valence-electron chi connectivity index (χ0n) is 9.89. The monoisotopic (exact) mass is 256 g/mol. The van der Waals surface area contributed by atoms with Gasteiger partial charge in [-0.1, -0.05) is 0 Å². The molecular weight excluding hydrogens is 248 g/mol. The maximum absolute atomic E-state index is 11.4. The molecule has 0 spiro atoms. The lowest BCUT2D eigenvalue weighted by Crippen LogP contribution is -2.04. The molecule has 3 aromatic heterocycles. The number of fused-ring (bicyclic) bond motifs is 1. The summed E-state index contributed by atoms with van der Waals surface area (Å²) in [6.45, 7) is 0. The number of esters is 1. The Morgan fingerprint density at radius 1 is 1.26 bits per heavy atom. The molecule has 0 fully saturated rings. The van der Waals surface area contributed by atoms with E-state index in [2.05, 4.69) is 29.8 Å². The normalized spacial score (nSPS) is 10.6. The molecule has 3 heterocycles. The van der Waals surface area contributed by atoms with Crippen molar-refractivity contribution in [2.24, 2.45) is 0 Å². The molecule has 0 aliphatic rings. The maximum atomic E-state index is 11.4. The van der Waals surface area contributed by atoms with Crippen LogP contribution in [0.2, 0.25) is 0 Å². The Morgan fingerprint density at radius 2 is 2.16 bits per heavy atom. The second kappa shape index (κ2) is 4.41. The minimum absolute atomic E-state index is 0.0497. The van der Waals surface area contributed by atoms with Crippen molar-refractivity contribution in [3.8, 4) is 11.4 Å². The first-order chi connectivity index (χ1) is 9.29. The minimum atomic E-state index is -0.615. The number of ether oxygens (including phenoxy) is 1. The summed E-state index contributed by atoms with van der Waals surface area (Å²) in [4.78, 5) is 27.6. The zero-order chi connectivity index (χ0) is 13.2. The predicted molar refractivity (Wildman–Crippen MR) is 63.1 cm³/mol. The highest BCUT2D eigenvalue weighted by Crippen LogP contribution is 2.15. The molecule has 19 heavy (non-hydrogen) atoms. The van der Waals surface area contributed by atoms with E-state index < -0.39 is 5.97 Å². The largest absolute Gasteiger partial charge is 0.463 e. The third-order valence-electron chi connectivity index (χ3n) is 2.43. The van der Waals surface area contributed by atoms with Crippen LogP contribution in [0.5, 0.6) is 0 Å². The molecule has 0 aliphatic carbocycles. The summed E-state index contributed by atoms with van der Waals surface area (Å²) in [7, 11) is 1.27. The van der Waals surface area contributed by atoms with E-state index in [9.17, 15) is 4.79 Å². The molecule has 0 saturated heterocycles. The molecule has 0 bridgehead atoms. The Labute approximate surface area is 107 Å². The van der Waals surface area contributed by atoms with Gasteiger partial charge in [-0.25, -0.2) is 9.78 Å². The zero-order valence-corrected chi connectivity index (χ0v) is 9.89. The van der Waals surface area contributed by atoms with Crippen LogP contribution < -0.4 is 0 Å². The highest BCUT2D eigenvalue weighted by Gasteiger charge is 2.16. The van der Waals surface area contributed by atoms with Gasteiger partial charge in [-0.15, -0.1) is 5.10 Å². The number of hydrogen-bond donors (Lipinski definition) is 0. The first-order valence-corrected chi connectivity index (χ1v) is 5.36. The van der Waals surface area contributed by atoms with Crippen molar-refractivity contribution in [3.63, 3.8) is 0 Å². The number of methoxy groups -OCH3 is 1. The second-order valence-electron chi connectivity index (χ2n) is 3.56. The molecule has 0 unspecified atom stereocenters. The lowest BCUT2D eigenvalue weighted by molar-refractivity contribution is 0.0587. The van der Waals surface area contributed by atoms with Gasteiger partial charge in [-0.3, -0.25) is 9.97 Å². The molecule has 3 rings (SSSR count). The van der Waals surface area contributed by atoms with Crippen molar-refractivity contribution in [3.05, 3.63) is 36.7 Å². The highest BCUT2D eigenvalue weighted by atomic mass is 16.5. The van der Waals surface area contributed by atoms with Crippen molar-refractivity contribution in [1.82, 2.24) is 29.5 Å². The number of nitrogens with zero attached hydrogens (tertiary/aromatic N) is 6. The Morgan fingerprint density at radius 3 is 2.89 bits per heavy atom. The van der Waals surface area contributed by atoms with Gasteiger partial charge < -0.3 is 4.74 Å². The summed E-state index contributed by atoms with van der Waals surface area (Å²) >= 11 is 0. The standard InChI is InChI=1S/C11H8N6O2/c1-19-10(18)9-15-11-14-3-2-8(17(11)16-9)7-6-12-4-5-13-7/h2-6H,1H3. The maximum Gasteiger partial charge on any atom is 0.378 e. The van der Waals surface area contributed by atoms with Gasteiger partial charge in [0.25, 0.3) is 11.6 Å². The third-order valence-corrected chi connectivity index (χ3v) is 2.43. The summed E-state index contributed by atoms with van der Waals surface area (Å²) in [5.74, 6) is -0.370.